The number of nitrogens with zero attached hydrogens (tertiary/aromatic N) is 3. The second kappa shape index (κ2) is 9.86. The lowest BCUT2D eigenvalue weighted by molar-refractivity contribution is -0.132. The Balaban J connectivity index is 1.50. The molecular weight excluding hydrogens is 526 g/mol. The zero-order valence-electron chi connectivity index (χ0n) is 24.3. The van der Waals surface area contributed by atoms with Crippen LogP contribution in [-0.2, 0) is 11.3 Å². The van der Waals surface area contributed by atoms with Gasteiger partial charge in [-0.3, -0.25) is 9.78 Å². The summed E-state index contributed by atoms with van der Waals surface area (Å²) in [6.45, 7) is 5.07. The van der Waals surface area contributed by atoms with Crippen LogP contribution in [0.4, 0.5) is 5.69 Å². The highest BCUT2D eigenvalue weighted by Crippen LogP contribution is 2.48. The zero-order valence-corrected chi connectivity index (χ0v) is 24.3. The molecule has 214 valence electrons. The van der Waals surface area contributed by atoms with E-state index in [1.165, 1.54) is 24.8 Å². The topological polar surface area (TPSA) is 84.7 Å². The number of ether oxygens (including phenoxy) is 1. The van der Waals surface area contributed by atoms with E-state index in [4.69, 9.17) is 9.72 Å². The molecule has 0 bridgehead atoms. The maximum Gasteiger partial charge on any atom is 0.335 e. The number of methoxy groups -OCH3 is 1. The van der Waals surface area contributed by atoms with E-state index in [9.17, 15) is 14.7 Å². The minimum atomic E-state index is -0.938. The highest BCUT2D eigenvalue weighted by atomic mass is 16.5. The quantitative estimate of drug-likeness (QED) is 0.257. The molecule has 2 aromatic heterocycles. The Bertz CT molecular complexity index is 1790. The SMILES string of the molecule is COc1ccc2c(c1)C=C(c1ncccc1N1CC(C)(C)C1=O)Cn1c-2c(C2CCCCC2)c2ccc(C(=O)O)cc21. The van der Waals surface area contributed by atoms with Crippen molar-refractivity contribution in [3.63, 3.8) is 0 Å². The van der Waals surface area contributed by atoms with E-state index in [1.54, 1.807) is 19.4 Å². The third kappa shape index (κ3) is 4.13. The molecule has 1 N–H and O–H groups in total. The number of aromatic nitrogens is 2. The lowest BCUT2D eigenvalue weighted by Crippen LogP contribution is -2.59. The summed E-state index contributed by atoms with van der Waals surface area (Å²) >= 11 is 0. The maximum atomic E-state index is 13.1. The number of carbonyl (C=O) groups is 2. The second-order valence-corrected chi connectivity index (χ2v) is 12.5. The minimum absolute atomic E-state index is 0.0887. The fourth-order valence-corrected chi connectivity index (χ4v) is 7.18. The summed E-state index contributed by atoms with van der Waals surface area (Å²) in [5, 5.41) is 11.0. The van der Waals surface area contributed by atoms with Gasteiger partial charge >= 0.3 is 5.97 Å². The van der Waals surface area contributed by atoms with Crippen LogP contribution in [0.3, 0.4) is 0 Å². The van der Waals surface area contributed by atoms with Crippen molar-refractivity contribution in [2.24, 2.45) is 5.41 Å². The summed E-state index contributed by atoms with van der Waals surface area (Å²) in [5.74, 6) is 0.316. The number of β-lactam (4-membered cyclic amide) rings is 1. The molecule has 0 atom stereocenters. The largest absolute Gasteiger partial charge is 0.497 e. The molecular formula is C35H35N3O4. The standard InChI is InChI=1S/C35H35N3O4/c1-35(2)20-38(34(35)41)28-10-7-15-36-31(28)24-16-23-17-25(42-3)12-14-26(23)32-30(21-8-5-4-6-9-21)27-13-11-22(33(39)40)18-29(27)37(32)19-24/h7,10-18,21H,4-6,8-9,19-20H2,1-3H3,(H,39,40). The average Bonchev–Trinajstić information content (AvgIpc) is 3.22. The van der Waals surface area contributed by atoms with Crippen molar-refractivity contribution < 1.29 is 19.4 Å². The maximum absolute atomic E-state index is 13.1. The van der Waals surface area contributed by atoms with Gasteiger partial charge in [-0.2, -0.15) is 0 Å². The van der Waals surface area contributed by atoms with E-state index in [0.29, 0.717) is 19.0 Å². The predicted octanol–water partition coefficient (Wildman–Crippen LogP) is 7.38. The van der Waals surface area contributed by atoms with E-state index in [1.807, 2.05) is 49.1 Å². The molecule has 0 spiro atoms. The van der Waals surface area contributed by atoms with Gasteiger partial charge in [0.1, 0.15) is 5.75 Å². The molecule has 7 nitrogen and oxygen atoms in total. The van der Waals surface area contributed by atoms with Crippen LogP contribution in [0.2, 0.25) is 0 Å². The van der Waals surface area contributed by atoms with Crippen molar-refractivity contribution >= 4 is 40.1 Å². The summed E-state index contributed by atoms with van der Waals surface area (Å²) in [4.78, 5) is 31.9. The molecule has 1 saturated heterocycles. The third-order valence-corrected chi connectivity index (χ3v) is 9.30. The molecule has 2 fully saturated rings. The molecule has 4 heterocycles. The van der Waals surface area contributed by atoms with Crippen LogP contribution in [0.25, 0.3) is 33.8 Å². The summed E-state index contributed by atoms with van der Waals surface area (Å²) in [6, 6.07) is 15.6. The molecule has 2 aromatic carbocycles. The first-order valence-corrected chi connectivity index (χ1v) is 14.8. The van der Waals surface area contributed by atoms with Gasteiger partial charge in [-0.25, -0.2) is 4.79 Å². The number of aromatic carboxylic acids is 1. The first-order valence-electron chi connectivity index (χ1n) is 14.8. The first kappa shape index (κ1) is 26.5. The van der Waals surface area contributed by atoms with Crippen LogP contribution in [-0.4, -0.2) is 40.2 Å². The Hall–Kier alpha value is -4.39. The fraction of sp³-hybridized carbons (Fsp3) is 0.343. The Morgan fingerprint density at radius 1 is 1.07 bits per heavy atom. The van der Waals surface area contributed by atoms with Crippen LogP contribution < -0.4 is 9.64 Å². The summed E-state index contributed by atoms with van der Waals surface area (Å²) in [7, 11) is 1.68. The van der Waals surface area contributed by atoms with Gasteiger partial charge in [0, 0.05) is 34.8 Å². The average molecular weight is 562 g/mol. The lowest BCUT2D eigenvalue weighted by Gasteiger charge is -2.45. The van der Waals surface area contributed by atoms with Crippen LogP contribution in [0.15, 0.2) is 54.7 Å². The van der Waals surface area contributed by atoms with E-state index in [2.05, 4.69) is 22.8 Å². The molecule has 4 aromatic rings. The van der Waals surface area contributed by atoms with Crippen molar-refractivity contribution in [2.45, 2.75) is 58.4 Å². The van der Waals surface area contributed by atoms with E-state index < -0.39 is 11.4 Å². The lowest BCUT2D eigenvalue weighted by atomic mass is 9.81. The van der Waals surface area contributed by atoms with Crippen LogP contribution in [0, 0.1) is 5.41 Å². The zero-order chi connectivity index (χ0) is 29.2. The molecule has 42 heavy (non-hydrogen) atoms. The minimum Gasteiger partial charge on any atom is -0.497 e. The Kier molecular flexibility index (Phi) is 6.22. The molecule has 7 heteroatoms. The molecule has 1 saturated carbocycles. The van der Waals surface area contributed by atoms with Crippen molar-refractivity contribution in [3.05, 3.63) is 77.1 Å². The Morgan fingerprint density at radius 2 is 1.88 bits per heavy atom. The summed E-state index contributed by atoms with van der Waals surface area (Å²) in [6.07, 6.45) is 9.83. The van der Waals surface area contributed by atoms with E-state index in [-0.39, 0.29) is 11.5 Å². The third-order valence-electron chi connectivity index (χ3n) is 9.30. The number of pyridine rings is 1. The Morgan fingerprint density at radius 3 is 2.60 bits per heavy atom. The van der Waals surface area contributed by atoms with Gasteiger partial charge in [0.15, 0.2) is 0 Å². The predicted molar refractivity (Wildman–Crippen MR) is 165 cm³/mol. The van der Waals surface area contributed by atoms with E-state index >= 15 is 0 Å². The number of carboxylic acids is 1. The van der Waals surface area contributed by atoms with Crippen LogP contribution >= 0.6 is 0 Å². The number of anilines is 1. The molecule has 3 aliphatic rings. The van der Waals surface area contributed by atoms with Crippen molar-refractivity contribution in [1.82, 2.24) is 9.55 Å². The van der Waals surface area contributed by atoms with Crippen LogP contribution in [0.5, 0.6) is 5.75 Å². The summed E-state index contributed by atoms with van der Waals surface area (Å²) < 4.78 is 7.94. The Labute approximate surface area is 245 Å². The number of carbonyl (C=O) groups excluding carboxylic acids is 1. The first-order chi connectivity index (χ1) is 20.3. The number of allylic oxidation sites excluding steroid dienone is 1. The van der Waals surface area contributed by atoms with Gasteiger partial charge in [-0.1, -0.05) is 25.3 Å². The highest BCUT2D eigenvalue weighted by Gasteiger charge is 2.46. The number of amides is 1. The molecule has 0 unspecified atom stereocenters. The molecule has 7 rings (SSSR count). The van der Waals surface area contributed by atoms with Gasteiger partial charge in [-0.15, -0.1) is 0 Å². The molecule has 2 aliphatic heterocycles. The second-order valence-electron chi connectivity index (χ2n) is 12.5. The monoisotopic (exact) mass is 561 g/mol. The number of hydrogen-bond donors (Lipinski definition) is 1. The molecule has 1 amide bonds. The fourth-order valence-electron chi connectivity index (χ4n) is 7.18. The van der Waals surface area contributed by atoms with Gasteiger partial charge in [0.25, 0.3) is 0 Å². The normalized spacial score (nSPS) is 18.1. The number of rotatable bonds is 5. The van der Waals surface area contributed by atoms with Crippen molar-refractivity contribution in [3.8, 4) is 17.0 Å². The van der Waals surface area contributed by atoms with Gasteiger partial charge in [0.2, 0.25) is 5.91 Å². The number of hydrogen-bond acceptors (Lipinski definition) is 4. The van der Waals surface area contributed by atoms with Gasteiger partial charge in [-0.05, 0) is 92.3 Å². The highest BCUT2D eigenvalue weighted by molar-refractivity contribution is 6.07. The number of benzene rings is 2. The van der Waals surface area contributed by atoms with E-state index in [0.717, 1.165) is 63.3 Å². The van der Waals surface area contributed by atoms with Crippen molar-refractivity contribution in [2.75, 3.05) is 18.6 Å². The van der Waals surface area contributed by atoms with Crippen LogP contribution in [0.1, 0.15) is 79.0 Å². The van der Waals surface area contributed by atoms with Crippen molar-refractivity contribution in [1.29, 1.82) is 0 Å². The number of fused-ring (bicyclic) bond motifs is 5. The summed E-state index contributed by atoms with van der Waals surface area (Å²) in [5.41, 5.74) is 7.89. The van der Waals surface area contributed by atoms with Gasteiger partial charge in [0.05, 0.1) is 41.7 Å². The van der Waals surface area contributed by atoms with Gasteiger partial charge < -0.3 is 19.3 Å². The molecule has 0 radical (unpaired) electrons. The number of carboxylic acid groups (broad SMARTS) is 1. The smallest absolute Gasteiger partial charge is 0.335 e. The molecule has 1 aliphatic carbocycles.